The Kier molecular flexibility index (Phi) is 4.38. The lowest BCUT2D eigenvalue weighted by Crippen LogP contribution is -2.63. The highest BCUT2D eigenvalue weighted by molar-refractivity contribution is 5.35. The molecule has 0 aromatic rings. The predicted molar refractivity (Wildman–Crippen MR) is 124 cm³/mol. The Morgan fingerprint density at radius 2 is 1.60 bits per heavy atom. The summed E-state index contributed by atoms with van der Waals surface area (Å²) in [6, 6.07) is 1.03. The van der Waals surface area contributed by atoms with Gasteiger partial charge in [0.1, 0.15) is 0 Å². The van der Waals surface area contributed by atoms with E-state index >= 15 is 0 Å². The summed E-state index contributed by atoms with van der Waals surface area (Å²) in [4.78, 5) is 0. The highest BCUT2D eigenvalue weighted by atomic mass is 16.3. The van der Waals surface area contributed by atoms with E-state index < -0.39 is 0 Å². The summed E-state index contributed by atoms with van der Waals surface area (Å²) in [6.07, 6.45) is 10.5. The first-order valence-corrected chi connectivity index (χ1v) is 12.9. The maximum Gasteiger partial charge on any atom is 0.0594 e. The second-order valence-electron chi connectivity index (χ2n) is 13.7. The number of nitrogens with one attached hydrogen (secondary N) is 2. The average molecular weight is 417 g/mol. The van der Waals surface area contributed by atoms with Crippen LogP contribution in [0.15, 0.2) is 0 Å². The van der Waals surface area contributed by atoms with Crippen LogP contribution in [-0.2, 0) is 0 Å². The molecule has 2 spiro atoms. The molecule has 3 N–H and O–H groups in total. The lowest BCUT2D eigenvalue weighted by molar-refractivity contribution is -0.199. The molecule has 5 rings (SSSR count). The van der Waals surface area contributed by atoms with E-state index in [0.717, 1.165) is 12.3 Å². The van der Waals surface area contributed by atoms with Crippen molar-refractivity contribution in [3.63, 3.8) is 0 Å². The van der Waals surface area contributed by atoms with Crippen LogP contribution < -0.4 is 10.6 Å². The number of hydrogen-bond acceptors (Lipinski definition) is 3. The molecular formula is C27H48N2O. The van der Waals surface area contributed by atoms with Crippen molar-refractivity contribution >= 4 is 0 Å². The molecule has 0 aromatic carbocycles. The monoisotopic (exact) mass is 416 g/mol. The van der Waals surface area contributed by atoms with Crippen LogP contribution >= 0.6 is 0 Å². The molecular weight excluding hydrogens is 368 g/mol. The first-order valence-electron chi connectivity index (χ1n) is 12.9. The van der Waals surface area contributed by atoms with Gasteiger partial charge in [0.05, 0.1) is 6.10 Å². The number of rotatable bonds is 3. The molecule has 5 saturated carbocycles. The Bertz CT molecular complexity index is 736. The topological polar surface area (TPSA) is 44.3 Å². The molecule has 0 aromatic heterocycles. The summed E-state index contributed by atoms with van der Waals surface area (Å²) in [6.45, 7) is 15.3. The second kappa shape index (κ2) is 6.06. The summed E-state index contributed by atoms with van der Waals surface area (Å²) in [7, 11) is 4.25. The fraction of sp³-hybridized carbons (Fsp3) is 1.00. The van der Waals surface area contributed by atoms with Crippen molar-refractivity contribution in [1.82, 2.24) is 10.6 Å². The second-order valence-corrected chi connectivity index (χ2v) is 13.7. The SMILES string of the molecule is CNC(C)C1C(O)CC2(C)C1(C)CCC13CC14CCC(NC)C(C)(C)C4CCC23C. The van der Waals surface area contributed by atoms with Crippen LogP contribution in [0.25, 0.3) is 0 Å². The first-order chi connectivity index (χ1) is 13.9. The minimum atomic E-state index is -0.168. The Morgan fingerprint density at radius 1 is 0.900 bits per heavy atom. The van der Waals surface area contributed by atoms with Gasteiger partial charge >= 0.3 is 0 Å². The lowest BCUT2D eigenvalue weighted by atomic mass is 9.36. The van der Waals surface area contributed by atoms with E-state index in [4.69, 9.17) is 0 Å². The molecule has 0 radical (unpaired) electrons. The lowest BCUT2D eigenvalue weighted by Gasteiger charge is -2.68. The molecule has 5 fully saturated rings. The molecule has 10 unspecified atom stereocenters. The third-order valence-electron chi connectivity index (χ3n) is 13.4. The van der Waals surface area contributed by atoms with E-state index in [-0.39, 0.29) is 16.9 Å². The predicted octanol–water partition coefficient (Wildman–Crippen LogP) is 4.98. The number of aliphatic hydroxyl groups is 1. The van der Waals surface area contributed by atoms with E-state index in [1.807, 2.05) is 0 Å². The average Bonchev–Trinajstić information content (AvgIpc) is 3.29. The summed E-state index contributed by atoms with van der Waals surface area (Å²) >= 11 is 0. The van der Waals surface area contributed by atoms with Crippen molar-refractivity contribution in [2.75, 3.05) is 14.1 Å². The fourth-order valence-corrected chi connectivity index (χ4v) is 11.6. The van der Waals surface area contributed by atoms with Crippen LogP contribution in [0, 0.1) is 44.3 Å². The largest absolute Gasteiger partial charge is 0.393 e. The normalized spacial score (nSPS) is 59.5. The summed E-state index contributed by atoms with van der Waals surface area (Å²) in [5.41, 5.74) is 2.28. The number of aliphatic hydroxyl groups excluding tert-OH is 1. The minimum Gasteiger partial charge on any atom is -0.393 e. The van der Waals surface area contributed by atoms with Crippen molar-refractivity contribution in [2.45, 2.75) is 111 Å². The Labute approximate surface area is 185 Å². The van der Waals surface area contributed by atoms with E-state index in [2.05, 4.69) is 66.3 Å². The molecule has 3 heteroatoms. The maximum absolute atomic E-state index is 11.4. The molecule has 0 saturated heterocycles. The summed E-state index contributed by atoms with van der Waals surface area (Å²) in [5, 5.41) is 18.6. The van der Waals surface area contributed by atoms with Gasteiger partial charge in [-0.05, 0) is 111 Å². The minimum absolute atomic E-state index is 0.168. The fourth-order valence-electron chi connectivity index (χ4n) is 11.6. The van der Waals surface area contributed by atoms with Crippen LogP contribution in [-0.4, -0.2) is 37.4 Å². The smallest absolute Gasteiger partial charge is 0.0594 e. The molecule has 0 heterocycles. The standard InChI is InChI=1S/C27H48N2O/c1-17(28-7)21-18(30)15-25(6)23(21,4)13-14-27-16-26(27)12-10-20(29-8)22(2,3)19(26)9-11-24(25,27)5/h17-21,28-30H,9-16H2,1-8H3. The quantitative estimate of drug-likeness (QED) is 0.608. The Hall–Kier alpha value is -0.120. The van der Waals surface area contributed by atoms with Gasteiger partial charge in [-0.2, -0.15) is 0 Å². The molecule has 3 nitrogen and oxygen atoms in total. The van der Waals surface area contributed by atoms with Gasteiger partial charge in [0.2, 0.25) is 0 Å². The molecule has 30 heavy (non-hydrogen) atoms. The van der Waals surface area contributed by atoms with E-state index in [9.17, 15) is 5.11 Å². The summed E-state index contributed by atoms with van der Waals surface area (Å²) in [5.74, 6) is 1.22. The molecule has 10 atom stereocenters. The molecule has 0 aliphatic heterocycles. The van der Waals surface area contributed by atoms with Gasteiger partial charge in [0.25, 0.3) is 0 Å². The number of hydrogen-bond donors (Lipinski definition) is 3. The van der Waals surface area contributed by atoms with Gasteiger partial charge < -0.3 is 15.7 Å². The van der Waals surface area contributed by atoms with Gasteiger partial charge in [-0.25, -0.2) is 0 Å². The van der Waals surface area contributed by atoms with E-state index in [0.29, 0.717) is 39.7 Å². The Morgan fingerprint density at radius 3 is 2.23 bits per heavy atom. The van der Waals surface area contributed by atoms with Crippen molar-refractivity contribution < 1.29 is 5.11 Å². The molecule has 172 valence electrons. The van der Waals surface area contributed by atoms with Crippen molar-refractivity contribution in [1.29, 1.82) is 0 Å². The number of fused-ring (bicyclic) bond motifs is 2. The van der Waals surface area contributed by atoms with Crippen LogP contribution in [0.1, 0.15) is 92.9 Å². The van der Waals surface area contributed by atoms with Crippen LogP contribution in [0.2, 0.25) is 0 Å². The third-order valence-corrected chi connectivity index (χ3v) is 13.4. The van der Waals surface area contributed by atoms with Gasteiger partial charge in [-0.1, -0.05) is 34.6 Å². The van der Waals surface area contributed by atoms with Crippen LogP contribution in [0.4, 0.5) is 0 Å². The van der Waals surface area contributed by atoms with Gasteiger partial charge in [-0.15, -0.1) is 0 Å². The van der Waals surface area contributed by atoms with Crippen molar-refractivity contribution in [2.24, 2.45) is 44.3 Å². The van der Waals surface area contributed by atoms with E-state index in [1.54, 1.807) is 0 Å². The molecule has 0 bridgehead atoms. The van der Waals surface area contributed by atoms with Crippen molar-refractivity contribution in [3.8, 4) is 0 Å². The first kappa shape index (κ1) is 21.7. The maximum atomic E-state index is 11.4. The van der Waals surface area contributed by atoms with Gasteiger partial charge in [0, 0.05) is 18.0 Å². The van der Waals surface area contributed by atoms with Crippen LogP contribution in [0.5, 0.6) is 0 Å². The van der Waals surface area contributed by atoms with Crippen LogP contribution in [0.3, 0.4) is 0 Å². The summed E-state index contributed by atoms with van der Waals surface area (Å²) < 4.78 is 0. The van der Waals surface area contributed by atoms with Crippen molar-refractivity contribution in [3.05, 3.63) is 0 Å². The van der Waals surface area contributed by atoms with Gasteiger partial charge in [0.15, 0.2) is 0 Å². The van der Waals surface area contributed by atoms with E-state index in [1.165, 1.54) is 44.9 Å². The molecule has 5 aliphatic carbocycles. The molecule has 0 amide bonds. The van der Waals surface area contributed by atoms with Gasteiger partial charge in [-0.3, -0.25) is 0 Å². The third kappa shape index (κ3) is 2.02. The highest BCUT2D eigenvalue weighted by Crippen LogP contribution is 2.92. The Balaban J connectivity index is 1.57. The zero-order chi connectivity index (χ0) is 22.0. The zero-order valence-corrected chi connectivity index (χ0v) is 21.0. The molecule has 5 aliphatic rings. The highest BCUT2D eigenvalue weighted by Gasteiger charge is 2.86. The zero-order valence-electron chi connectivity index (χ0n) is 21.0.